The third-order valence-electron chi connectivity index (χ3n) is 2.10. The molecule has 0 saturated heterocycles. The molecule has 0 aliphatic carbocycles. The Morgan fingerprint density at radius 2 is 1.55 bits per heavy atom. The molecule has 0 radical (unpaired) electrons. The number of hydrogen-bond acceptors (Lipinski definition) is 0. The molecule has 1 aromatic rings. The summed E-state index contributed by atoms with van der Waals surface area (Å²) in [4.78, 5) is 0. The molecule has 0 heterocycles. The van der Waals surface area contributed by atoms with Crippen LogP contribution < -0.4 is 3.07 Å². The number of hydrogen-bond donors (Lipinski definition) is 0. The predicted octanol–water partition coefficient (Wildman–Crippen LogP) is 2.47. The first kappa shape index (κ1) is 9.53. The molecule has 0 N–H and O–H groups in total. The third kappa shape index (κ3) is 2.19. The Kier molecular flexibility index (Phi) is 3.38. The molecule has 0 nitrogen and oxygen atoms in total. The summed E-state index contributed by atoms with van der Waals surface area (Å²) in [6, 6.07) is 4.51. The van der Waals surface area contributed by atoms with Crippen molar-refractivity contribution in [3.05, 3.63) is 28.8 Å². The SMILES string of the molecule is Cc1cc(C)[c]([Hg][Cl])cc1C. The molecule has 0 amide bonds. The summed E-state index contributed by atoms with van der Waals surface area (Å²) in [6.45, 7) is 6.46. The van der Waals surface area contributed by atoms with Gasteiger partial charge in [0.1, 0.15) is 0 Å². The van der Waals surface area contributed by atoms with E-state index in [0.717, 1.165) is 0 Å². The molecule has 0 aliphatic heterocycles. The standard InChI is InChI=1S/C9H11.ClH.Hg/c1-7-4-5-8(2)9(3)6-7;;/h5-6H,1-3H3;1H;/q;;+1/p-1. The second-order valence-corrected chi connectivity index (χ2v) is 9.34. The molecular weight excluding hydrogens is 344 g/mol. The molecule has 0 aromatic heterocycles. The van der Waals surface area contributed by atoms with Crippen molar-refractivity contribution in [2.75, 3.05) is 0 Å². The summed E-state index contributed by atoms with van der Waals surface area (Å²) in [5.74, 6) is 0. The number of rotatable bonds is 1. The number of aryl methyl sites for hydroxylation is 3. The zero-order chi connectivity index (χ0) is 8.43. The van der Waals surface area contributed by atoms with Gasteiger partial charge in [-0.3, -0.25) is 0 Å². The molecule has 11 heavy (non-hydrogen) atoms. The quantitative estimate of drug-likeness (QED) is 0.679. The molecule has 56 valence electrons. The first-order chi connectivity index (χ1) is 5.15. The summed E-state index contributed by atoms with van der Waals surface area (Å²) in [5.41, 5.74) is 4.15. The van der Waals surface area contributed by atoms with Crippen molar-refractivity contribution >= 4 is 11.3 Å². The maximum absolute atomic E-state index is 5.98. The summed E-state index contributed by atoms with van der Waals surface area (Å²) in [6.07, 6.45) is 0. The van der Waals surface area contributed by atoms with Gasteiger partial charge in [-0.1, -0.05) is 0 Å². The minimum atomic E-state index is -1.18. The molecule has 0 atom stereocenters. The van der Waals surface area contributed by atoms with Crippen LogP contribution in [0.3, 0.4) is 0 Å². The van der Waals surface area contributed by atoms with Gasteiger partial charge in [-0.2, -0.15) is 0 Å². The number of halogens is 1. The van der Waals surface area contributed by atoms with Crippen LogP contribution in [0.4, 0.5) is 0 Å². The second-order valence-electron chi connectivity index (χ2n) is 3.00. The van der Waals surface area contributed by atoms with Crippen molar-refractivity contribution < 1.29 is 23.3 Å². The first-order valence-corrected chi connectivity index (χ1v) is 13.3. The average molecular weight is 355 g/mol. The Hall–Kier alpha value is 0.445. The third-order valence-corrected chi connectivity index (χ3v) is 8.70. The minimum absolute atomic E-state index is 1.18. The van der Waals surface area contributed by atoms with Gasteiger partial charge in [0.2, 0.25) is 0 Å². The molecule has 0 spiro atoms. The Labute approximate surface area is 83.8 Å². The van der Waals surface area contributed by atoms with Gasteiger partial charge in [0.25, 0.3) is 0 Å². The van der Waals surface area contributed by atoms with Crippen molar-refractivity contribution in [1.82, 2.24) is 0 Å². The molecule has 2 heteroatoms. The predicted molar refractivity (Wildman–Crippen MR) is 46.1 cm³/mol. The summed E-state index contributed by atoms with van der Waals surface area (Å²) >= 11 is -1.18. The van der Waals surface area contributed by atoms with E-state index in [-0.39, 0.29) is 0 Å². The zero-order valence-corrected chi connectivity index (χ0v) is 13.5. The zero-order valence-electron chi connectivity index (χ0n) is 7.24. The Balaban J connectivity index is 3.21. The van der Waals surface area contributed by atoms with E-state index in [1.807, 2.05) is 0 Å². The van der Waals surface area contributed by atoms with Crippen LogP contribution in [0, 0.1) is 20.8 Å². The molecule has 0 fully saturated rings. The molecule has 0 bridgehead atoms. The van der Waals surface area contributed by atoms with Crippen molar-refractivity contribution in [2.24, 2.45) is 0 Å². The van der Waals surface area contributed by atoms with Crippen LogP contribution >= 0.6 is 8.25 Å². The fraction of sp³-hybridized carbons (Fsp3) is 0.333. The van der Waals surface area contributed by atoms with E-state index in [2.05, 4.69) is 32.9 Å². The van der Waals surface area contributed by atoms with Gasteiger partial charge in [-0.05, 0) is 0 Å². The second kappa shape index (κ2) is 3.91. The van der Waals surface area contributed by atoms with Crippen LogP contribution in [0.1, 0.15) is 16.7 Å². The number of benzene rings is 1. The molecule has 0 unspecified atom stereocenters. The molecule has 1 rings (SSSR count). The van der Waals surface area contributed by atoms with E-state index in [1.54, 1.807) is 0 Å². The van der Waals surface area contributed by atoms with E-state index < -0.39 is 23.3 Å². The monoisotopic (exact) mass is 356 g/mol. The summed E-state index contributed by atoms with van der Waals surface area (Å²) in [7, 11) is 5.98. The Bertz CT molecular complexity index is 269. The first-order valence-electron chi connectivity index (χ1n) is 3.78. The van der Waals surface area contributed by atoms with Crippen LogP contribution in [0.25, 0.3) is 0 Å². The van der Waals surface area contributed by atoms with Gasteiger partial charge < -0.3 is 0 Å². The van der Waals surface area contributed by atoms with E-state index in [0.29, 0.717) is 0 Å². The van der Waals surface area contributed by atoms with E-state index >= 15 is 0 Å². The van der Waals surface area contributed by atoms with Crippen LogP contribution in [0.5, 0.6) is 0 Å². The van der Waals surface area contributed by atoms with Gasteiger partial charge in [0, 0.05) is 0 Å². The molecule has 0 saturated carbocycles. The normalized spacial score (nSPS) is 9.45. The van der Waals surface area contributed by atoms with Crippen molar-refractivity contribution in [1.29, 1.82) is 0 Å². The molecule has 0 aliphatic rings. The van der Waals surface area contributed by atoms with Crippen molar-refractivity contribution in [3.63, 3.8) is 0 Å². The van der Waals surface area contributed by atoms with Crippen molar-refractivity contribution in [2.45, 2.75) is 20.8 Å². The average Bonchev–Trinajstić information content (AvgIpc) is 1.97. The summed E-state index contributed by atoms with van der Waals surface area (Å²) in [5, 5.41) is 0. The van der Waals surface area contributed by atoms with Crippen LogP contribution in [0.2, 0.25) is 0 Å². The van der Waals surface area contributed by atoms with E-state index in [1.165, 1.54) is 19.8 Å². The van der Waals surface area contributed by atoms with Gasteiger partial charge in [0.15, 0.2) is 0 Å². The van der Waals surface area contributed by atoms with Crippen LogP contribution in [-0.4, -0.2) is 0 Å². The maximum atomic E-state index is 5.98. The van der Waals surface area contributed by atoms with Gasteiger partial charge in [-0.25, -0.2) is 0 Å². The van der Waals surface area contributed by atoms with Gasteiger partial charge in [0.05, 0.1) is 0 Å². The topological polar surface area (TPSA) is 0 Å². The Morgan fingerprint density at radius 3 is 2.09 bits per heavy atom. The van der Waals surface area contributed by atoms with Gasteiger partial charge in [-0.15, -0.1) is 0 Å². The summed E-state index contributed by atoms with van der Waals surface area (Å²) < 4.78 is 1.47. The van der Waals surface area contributed by atoms with Crippen molar-refractivity contribution in [3.8, 4) is 0 Å². The van der Waals surface area contributed by atoms with E-state index in [4.69, 9.17) is 8.25 Å². The van der Waals surface area contributed by atoms with E-state index in [9.17, 15) is 0 Å². The Morgan fingerprint density at radius 1 is 1.00 bits per heavy atom. The fourth-order valence-corrected chi connectivity index (χ4v) is 6.40. The van der Waals surface area contributed by atoms with Crippen LogP contribution in [0.15, 0.2) is 12.1 Å². The van der Waals surface area contributed by atoms with Gasteiger partial charge >= 0.3 is 84.3 Å². The fourth-order valence-electron chi connectivity index (χ4n) is 1.16. The molecule has 1 aromatic carbocycles. The molecular formula is C9H11ClHg. The van der Waals surface area contributed by atoms with Crippen LogP contribution in [-0.2, 0) is 23.3 Å².